The lowest BCUT2D eigenvalue weighted by Gasteiger charge is -2.46. The molecular formula is C20H32N5O15P. The van der Waals surface area contributed by atoms with Gasteiger partial charge in [-0.3, -0.25) is 13.9 Å². The van der Waals surface area contributed by atoms with Crippen LogP contribution in [-0.4, -0.2) is 125 Å². The first-order valence-electron chi connectivity index (χ1n) is 12.0. The van der Waals surface area contributed by atoms with Gasteiger partial charge in [0.05, 0.1) is 37.5 Å². The summed E-state index contributed by atoms with van der Waals surface area (Å²) in [5, 5.41) is 62.7. The van der Waals surface area contributed by atoms with Gasteiger partial charge < -0.3 is 61.8 Å². The van der Waals surface area contributed by atoms with Gasteiger partial charge in [0.1, 0.15) is 30.2 Å². The minimum atomic E-state index is -5.48. The van der Waals surface area contributed by atoms with Crippen LogP contribution in [0.2, 0.25) is 0 Å². The minimum Gasteiger partial charge on any atom is -0.477 e. The second-order valence-corrected chi connectivity index (χ2v) is 10.8. The van der Waals surface area contributed by atoms with Gasteiger partial charge in [0.15, 0.2) is 6.23 Å². The summed E-state index contributed by atoms with van der Waals surface area (Å²) in [6.07, 6.45) is -11.8. The Bertz CT molecular complexity index is 1220. The van der Waals surface area contributed by atoms with E-state index in [1.807, 2.05) is 0 Å². The van der Waals surface area contributed by atoms with E-state index < -0.39 is 106 Å². The highest BCUT2D eigenvalue weighted by Gasteiger charge is 2.58. The number of carboxylic acid groups (broad SMARTS) is 1. The van der Waals surface area contributed by atoms with Crippen LogP contribution in [0.3, 0.4) is 0 Å². The smallest absolute Gasteiger partial charge is 0.475 e. The number of nitrogens with two attached hydrogens (primary N) is 2. The Morgan fingerprint density at radius 2 is 2.00 bits per heavy atom. The molecule has 232 valence electrons. The third kappa shape index (κ3) is 7.25. The number of hydrogen-bond donors (Lipinski definition) is 10. The maximum atomic E-state index is 12.8. The Labute approximate surface area is 230 Å². The van der Waals surface area contributed by atoms with Gasteiger partial charge in [-0.2, -0.15) is 4.98 Å². The van der Waals surface area contributed by atoms with Crippen molar-refractivity contribution in [2.75, 3.05) is 18.9 Å². The highest BCUT2D eigenvalue weighted by molar-refractivity contribution is 7.47. The molecule has 2 aliphatic rings. The number of ether oxygens (including phenoxy) is 2. The van der Waals surface area contributed by atoms with E-state index in [-0.39, 0.29) is 5.82 Å². The highest BCUT2D eigenvalue weighted by atomic mass is 31.2. The fourth-order valence-electron chi connectivity index (χ4n) is 4.37. The predicted molar refractivity (Wildman–Crippen MR) is 130 cm³/mol. The van der Waals surface area contributed by atoms with Gasteiger partial charge >= 0.3 is 19.5 Å². The molecule has 41 heavy (non-hydrogen) atoms. The fourth-order valence-corrected chi connectivity index (χ4v) is 5.32. The largest absolute Gasteiger partial charge is 0.477 e. The molecule has 0 aromatic carbocycles. The second kappa shape index (κ2) is 12.7. The predicted octanol–water partition coefficient (Wildman–Crippen LogP) is -5.31. The van der Waals surface area contributed by atoms with Crippen molar-refractivity contribution in [3.05, 3.63) is 22.7 Å². The minimum absolute atomic E-state index is 0.127. The molecule has 1 aromatic heterocycles. The van der Waals surface area contributed by atoms with E-state index in [1.54, 1.807) is 0 Å². The summed E-state index contributed by atoms with van der Waals surface area (Å²) in [5.74, 6) is -6.00. The molecule has 0 bridgehead atoms. The monoisotopic (exact) mass is 613 g/mol. The van der Waals surface area contributed by atoms with Crippen molar-refractivity contribution >= 4 is 25.5 Å². The quantitative estimate of drug-likeness (QED) is 0.104. The number of aromatic nitrogens is 2. The number of rotatable bonds is 11. The Hall–Kier alpha value is -2.59. The van der Waals surface area contributed by atoms with Crippen LogP contribution < -0.4 is 22.5 Å². The standard InChI is InChI=1S/C20H32N5O15P/c1-7(27)23-13-8(28)4-20(18(32)33,39-16(13)12(22)9(29)5-26)40-41(35,36)37-6-10-14(30)15(31)17(38-10)25-3-2-11(21)24-19(25)34/h2-3,8-10,12-17,26,28-31H,4-6,22H2,1H3,(H,23,27)(H,32,33)(H,35,36)(H2,21,24,34)/t8?,9-,10?,12-,13?,14?,15?,16?,17?,20?/m1/s1. The number of carbonyl (C=O) groups excluding carboxylic acids is 1. The van der Waals surface area contributed by atoms with Crippen molar-refractivity contribution in [3.63, 3.8) is 0 Å². The molecule has 11 atom stereocenters. The molecule has 20 nitrogen and oxygen atoms in total. The number of aliphatic carboxylic acids is 1. The lowest BCUT2D eigenvalue weighted by Crippen LogP contribution is -2.69. The summed E-state index contributed by atoms with van der Waals surface area (Å²) in [6, 6.07) is -1.87. The first-order valence-corrected chi connectivity index (χ1v) is 13.5. The number of carboxylic acids is 1. The van der Waals surface area contributed by atoms with Crippen molar-refractivity contribution in [1.29, 1.82) is 0 Å². The summed E-state index contributed by atoms with van der Waals surface area (Å²) in [7, 11) is -5.48. The molecule has 21 heteroatoms. The zero-order chi connectivity index (χ0) is 30.9. The lowest BCUT2D eigenvalue weighted by molar-refractivity contribution is -0.276. The summed E-state index contributed by atoms with van der Waals surface area (Å²) >= 11 is 0. The van der Waals surface area contributed by atoms with Gasteiger partial charge in [-0.05, 0) is 6.07 Å². The Morgan fingerprint density at radius 1 is 1.34 bits per heavy atom. The van der Waals surface area contributed by atoms with E-state index in [1.165, 1.54) is 6.07 Å². The van der Waals surface area contributed by atoms with E-state index in [0.29, 0.717) is 0 Å². The summed E-state index contributed by atoms with van der Waals surface area (Å²) in [6.45, 7) is -0.857. The number of aliphatic hydroxyl groups excluding tert-OH is 5. The van der Waals surface area contributed by atoms with Crippen LogP contribution in [0, 0.1) is 0 Å². The number of amides is 1. The van der Waals surface area contributed by atoms with E-state index >= 15 is 0 Å². The second-order valence-electron chi connectivity index (χ2n) is 9.41. The van der Waals surface area contributed by atoms with Gasteiger partial charge in [-0.15, -0.1) is 0 Å². The molecule has 1 aromatic rings. The Kier molecular flexibility index (Phi) is 10.2. The van der Waals surface area contributed by atoms with E-state index in [9.17, 15) is 54.5 Å². The SMILES string of the molecule is CC(=O)NC1C(O)CC(OP(=O)(O)OCC2OC(n3ccc(N)nc3=O)C(O)C2O)(C(=O)O)OC1[C@H](N)[C@H](O)CO. The maximum absolute atomic E-state index is 12.8. The first-order chi connectivity index (χ1) is 19.0. The number of carbonyl (C=O) groups is 2. The average Bonchev–Trinajstić information content (AvgIpc) is 3.16. The summed E-state index contributed by atoms with van der Waals surface area (Å²) in [4.78, 5) is 49.7. The van der Waals surface area contributed by atoms with Gasteiger partial charge in [0, 0.05) is 19.5 Å². The topological polar surface area (TPSA) is 329 Å². The average molecular weight is 613 g/mol. The summed E-state index contributed by atoms with van der Waals surface area (Å²) < 4.78 is 34.0. The van der Waals surface area contributed by atoms with Crippen LogP contribution in [0.5, 0.6) is 0 Å². The molecule has 9 unspecified atom stereocenters. The molecule has 2 aliphatic heterocycles. The van der Waals surface area contributed by atoms with Gasteiger partial charge in [0.25, 0.3) is 5.79 Å². The lowest BCUT2D eigenvalue weighted by atomic mass is 9.88. The van der Waals surface area contributed by atoms with Gasteiger partial charge in [-0.1, -0.05) is 0 Å². The van der Waals surface area contributed by atoms with Gasteiger partial charge in [-0.25, -0.2) is 18.7 Å². The molecule has 2 fully saturated rings. The maximum Gasteiger partial charge on any atom is 0.475 e. The number of phosphoric ester groups is 1. The van der Waals surface area contributed by atoms with Crippen molar-refractivity contribution in [3.8, 4) is 0 Å². The molecule has 3 heterocycles. The zero-order valence-electron chi connectivity index (χ0n) is 21.4. The van der Waals surface area contributed by atoms with Crippen LogP contribution in [0.25, 0.3) is 0 Å². The molecule has 12 N–H and O–H groups in total. The van der Waals surface area contributed by atoms with E-state index in [0.717, 1.165) is 17.7 Å². The molecular weight excluding hydrogens is 581 g/mol. The molecule has 0 radical (unpaired) electrons. The first kappa shape index (κ1) is 32.9. The van der Waals surface area contributed by atoms with Crippen LogP contribution in [0.4, 0.5) is 5.82 Å². The highest BCUT2D eigenvalue weighted by Crippen LogP contribution is 2.51. The normalized spacial score (nSPS) is 34.9. The van der Waals surface area contributed by atoms with E-state index in [4.69, 9.17) is 30.0 Å². The number of nitrogen functional groups attached to an aromatic ring is 1. The van der Waals surface area contributed by atoms with Crippen molar-refractivity contribution in [1.82, 2.24) is 14.9 Å². The number of nitrogens with one attached hydrogen (secondary N) is 1. The molecule has 3 rings (SSSR count). The van der Waals surface area contributed by atoms with Crippen LogP contribution in [0.1, 0.15) is 19.6 Å². The third-order valence-electron chi connectivity index (χ3n) is 6.41. The van der Waals surface area contributed by atoms with Crippen LogP contribution in [0.15, 0.2) is 17.1 Å². The van der Waals surface area contributed by atoms with E-state index in [2.05, 4.69) is 10.3 Å². The fraction of sp³-hybridized carbons (Fsp3) is 0.700. The molecule has 2 saturated heterocycles. The van der Waals surface area contributed by atoms with Crippen molar-refractivity contribution in [2.45, 2.75) is 74.1 Å². The third-order valence-corrected chi connectivity index (χ3v) is 7.41. The van der Waals surface area contributed by atoms with Crippen LogP contribution in [-0.2, 0) is 32.7 Å². The number of anilines is 1. The number of nitrogens with zero attached hydrogens (tertiary/aromatic N) is 2. The van der Waals surface area contributed by atoms with Crippen LogP contribution >= 0.6 is 7.82 Å². The molecule has 0 aliphatic carbocycles. The molecule has 1 amide bonds. The molecule has 0 saturated carbocycles. The Morgan fingerprint density at radius 3 is 2.56 bits per heavy atom. The zero-order valence-corrected chi connectivity index (χ0v) is 22.3. The van der Waals surface area contributed by atoms with Crippen molar-refractivity contribution in [2.24, 2.45) is 5.73 Å². The van der Waals surface area contributed by atoms with Crippen molar-refractivity contribution < 1.29 is 68.2 Å². The Balaban J connectivity index is 1.79. The number of phosphoric acid groups is 1. The summed E-state index contributed by atoms with van der Waals surface area (Å²) in [5.41, 5.74) is 10.3. The van der Waals surface area contributed by atoms with Gasteiger partial charge in [0.2, 0.25) is 5.91 Å². The number of aliphatic hydroxyl groups is 5. The number of hydrogen-bond acceptors (Lipinski definition) is 16. The molecule has 0 spiro atoms.